The van der Waals surface area contributed by atoms with Crippen molar-refractivity contribution in [3.63, 3.8) is 0 Å². The summed E-state index contributed by atoms with van der Waals surface area (Å²) in [6.45, 7) is 4.70. The maximum absolute atomic E-state index is 2.45. The summed E-state index contributed by atoms with van der Waals surface area (Å²) in [5.41, 5.74) is 16.5. The van der Waals surface area contributed by atoms with Gasteiger partial charge in [-0.25, -0.2) is 0 Å². The molecule has 0 amide bonds. The lowest BCUT2D eigenvalue weighted by atomic mass is 9.81. The van der Waals surface area contributed by atoms with Crippen LogP contribution >= 0.6 is 0 Å². The highest BCUT2D eigenvalue weighted by molar-refractivity contribution is 6.14. The number of rotatable bonds is 4. The first kappa shape index (κ1) is 26.7. The van der Waals surface area contributed by atoms with Gasteiger partial charge in [0.25, 0.3) is 0 Å². The van der Waals surface area contributed by atoms with E-state index in [9.17, 15) is 0 Å². The number of hydrogen-bond donors (Lipinski definition) is 0. The van der Waals surface area contributed by atoms with Crippen LogP contribution < -0.4 is 0 Å². The van der Waals surface area contributed by atoms with Crippen molar-refractivity contribution in [2.24, 2.45) is 0 Å². The lowest BCUT2D eigenvalue weighted by Gasteiger charge is -2.22. The SMILES string of the molecule is CC1(C)c2ccccc2-c2ccc(-c3cccc(-c4cccc5c6ccccc6n(-c6cccc(-c7ccccc7)c6)c45)c3)cc21. The molecule has 0 spiro atoms. The van der Waals surface area contributed by atoms with Gasteiger partial charge in [-0.2, -0.15) is 0 Å². The fraction of sp³-hybridized carbons (Fsp3) is 0.0667. The number of nitrogens with zero attached hydrogens (tertiary/aromatic N) is 1. The Balaban J connectivity index is 1.22. The topological polar surface area (TPSA) is 4.93 Å². The standard InChI is InChI=1S/C45H33N/c1-45(2)41-23-8-6-19-37(41)38-26-25-33(29-42(38)45)31-15-10-17-34(27-31)36-21-12-22-40-39-20-7-9-24-43(39)46(44(36)40)35-18-11-16-32(28-35)30-13-4-3-5-14-30/h3-29H,1-2H3. The smallest absolute Gasteiger partial charge is 0.0619 e. The molecule has 0 aliphatic heterocycles. The molecule has 0 fully saturated rings. The van der Waals surface area contributed by atoms with Crippen LogP contribution in [0.25, 0.3) is 72.0 Å². The van der Waals surface area contributed by atoms with Gasteiger partial charge in [-0.3, -0.25) is 0 Å². The minimum Gasteiger partial charge on any atom is -0.309 e. The highest BCUT2D eigenvalue weighted by atomic mass is 15.0. The molecule has 0 bridgehead atoms. The average Bonchev–Trinajstić information content (AvgIpc) is 3.57. The third-order valence-electron chi connectivity index (χ3n) is 10.00. The Bertz CT molecular complexity index is 2440. The molecule has 9 rings (SSSR count). The van der Waals surface area contributed by atoms with E-state index in [2.05, 4.69) is 182 Å². The maximum atomic E-state index is 2.45. The predicted molar refractivity (Wildman–Crippen MR) is 195 cm³/mol. The molecule has 46 heavy (non-hydrogen) atoms. The van der Waals surface area contributed by atoms with Crippen molar-refractivity contribution >= 4 is 21.8 Å². The zero-order valence-corrected chi connectivity index (χ0v) is 26.0. The Labute approximate surface area is 270 Å². The van der Waals surface area contributed by atoms with E-state index in [1.165, 1.54) is 77.4 Å². The fourth-order valence-electron chi connectivity index (χ4n) is 7.73. The molecule has 7 aromatic carbocycles. The van der Waals surface area contributed by atoms with Gasteiger partial charge in [0.05, 0.1) is 11.0 Å². The Morgan fingerprint density at radius 2 is 1.00 bits per heavy atom. The molecule has 0 radical (unpaired) electrons. The summed E-state index contributed by atoms with van der Waals surface area (Å²) in [5.74, 6) is 0. The minimum absolute atomic E-state index is 0.0274. The Morgan fingerprint density at radius 1 is 0.391 bits per heavy atom. The number of hydrogen-bond acceptors (Lipinski definition) is 0. The normalized spacial score (nSPS) is 13.2. The lowest BCUT2D eigenvalue weighted by molar-refractivity contribution is 0.660. The summed E-state index contributed by atoms with van der Waals surface area (Å²) in [6, 6.07) is 60.1. The van der Waals surface area contributed by atoms with Crippen LogP contribution in [0, 0.1) is 0 Å². The monoisotopic (exact) mass is 587 g/mol. The molecule has 0 saturated heterocycles. The van der Waals surface area contributed by atoms with Crippen molar-refractivity contribution in [3.05, 3.63) is 175 Å². The van der Waals surface area contributed by atoms with Crippen LogP contribution in [-0.4, -0.2) is 4.57 Å². The molecule has 1 heteroatoms. The zero-order chi connectivity index (χ0) is 30.8. The summed E-state index contributed by atoms with van der Waals surface area (Å²) in [7, 11) is 0. The first-order valence-electron chi connectivity index (χ1n) is 16.1. The second kappa shape index (κ2) is 10.2. The van der Waals surface area contributed by atoms with Crippen LogP contribution in [0.1, 0.15) is 25.0 Å². The molecule has 8 aromatic rings. The first-order valence-corrected chi connectivity index (χ1v) is 16.1. The van der Waals surface area contributed by atoms with E-state index in [1.54, 1.807) is 0 Å². The van der Waals surface area contributed by atoms with Gasteiger partial charge in [0.15, 0.2) is 0 Å². The second-order valence-corrected chi connectivity index (χ2v) is 13.0. The van der Waals surface area contributed by atoms with Crippen LogP contribution in [0.3, 0.4) is 0 Å². The average molecular weight is 588 g/mol. The van der Waals surface area contributed by atoms with Gasteiger partial charge in [0.1, 0.15) is 0 Å². The summed E-state index contributed by atoms with van der Waals surface area (Å²) in [4.78, 5) is 0. The quantitative estimate of drug-likeness (QED) is 0.193. The van der Waals surface area contributed by atoms with Crippen molar-refractivity contribution < 1.29 is 0 Å². The van der Waals surface area contributed by atoms with E-state index in [4.69, 9.17) is 0 Å². The number of benzene rings is 7. The van der Waals surface area contributed by atoms with Gasteiger partial charge in [0, 0.05) is 27.4 Å². The Hall–Kier alpha value is -5.66. The van der Waals surface area contributed by atoms with E-state index in [0.29, 0.717) is 0 Å². The lowest BCUT2D eigenvalue weighted by Crippen LogP contribution is -2.14. The minimum atomic E-state index is -0.0274. The first-order chi connectivity index (χ1) is 22.6. The van der Waals surface area contributed by atoms with Gasteiger partial charge in [-0.1, -0.05) is 147 Å². The second-order valence-electron chi connectivity index (χ2n) is 13.0. The molecule has 0 saturated carbocycles. The van der Waals surface area contributed by atoms with E-state index in [-0.39, 0.29) is 5.41 Å². The van der Waals surface area contributed by atoms with Gasteiger partial charge in [-0.15, -0.1) is 0 Å². The number of para-hydroxylation sites is 2. The van der Waals surface area contributed by atoms with Crippen molar-refractivity contribution in [2.75, 3.05) is 0 Å². The van der Waals surface area contributed by atoms with Crippen molar-refractivity contribution in [1.29, 1.82) is 0 Å². The predicted octanol–water partition coefficient (Wildman–Crippen LogP) is 12.1. The summed E-state index contributed by atoms with van der Waals surface area (Å²) in [5, 5.41) is 2.53. The number of aromatic nitrogens is 1. The van der Waals surface area contributed by atoms with Crippen LogP contribution in [0.5, 0.6) is 0 Å². The molecular formula is C45H33N. The largest absolute Gasteiger partial charge is 0.309 e. The molecule has 0 N–H and O–H groups in total. The van der Waals surface area contributed by atoms with Gasteiger partial charge in [-0.05, 0) is 80.4 Å². The van der Waals surface area contributed by atoms with Crippen molar-refractivity contribution in [2.45, 2.75) is 19.3 Å². The van der Waals surface area contributed by atoms with Gasteiger partial charge < -0.3 is 4.57 Å². The van der Waals surface area contributed by atoms with E-state index >= 15 is 0 Å². The molecule has 1 aromatic heterocycles. The maximum Gasteiger partial charge on any atom is 0.0619 e. The molecule has 1 aliphatic carbocycles. The molecule has 1 nitrogen and oxygen atoms in total. The molecular weight excluding hydrogens is 555 g/mol. The van der Waals surface area contributed by atoms with E-state index in [0.717, 1.165) is 5.69 Å². The third kappa shape index (κ3) is 4.02. The van der Waals surface area contributed by atoms with Crippen LogP contribution in [0.4, 0.5) is 0 Å². The van der Waals surface area contributed by atoms with Crippen molar-refractivity contribution in [1.82, 2.24) is 4.57 Å². The van der Waals surface area contributed by atoms with Crippen molar-refractivity contribution in [3.8, 4) is 50.2 Å². The fourth-order valence-corrected chi connectivity index (χ4v) is 7.73. The molecule has 1 aliphatic rings. The van der Waals surface area contributed by atoms with E-state index < -0.39 is 0 Å². The highest BCUT2D eigenvalue weighted by Crippen LogP contribution is 2.49. The summed E-state index contributed by atoms with van der Waals surface area (Å²) < 4.78 is 2.45. The van der Waals surface area contributed by atoms with Crippen LogP contribution in [0.2, 0.25) is 0 Å². The summed E-state index contributed by atoms with van der Waals surface area (Å²) >= 11 is 0. The van der Waals surface area contributed by atoms with Gasteiger partial charge >= 0.3 is 0 Å². The third-order valence-corrected chi connectivity index (χ3v) is 10.00. The van der Waals surface area contributed by atoms with Gasteiger partial charge in [0.2, 0.25) is 0 Å². The number of fused-ring (bicyclic) bond motifs is 6. The zero-order valence-electron chi connectivity index (χ0n) is 26.0. The Kier molecular flexibility index (Phi) is 5.92. The summed E-state index contributed by atoms with van der Waals surface area (Å²) in [6.07, 6.45) is 0. The molecule has 0 atom stereocenters. The van der Waals surface area contributed by atoms with Crippen LogP contribution in [0.15, 0.2) is 164 Å². The highest BCUT2D eigenvalue weighted by Gasteiger charge is 2.35. The molecule has 0 unspecified atom stereocenters. The Morgan fingerprint density at radius 3 is 1.89 bits per heavy atom. The molecule has 218 valence electrons. The molecule has 1 heterocycles. The van der Waals surface area contributed by atoms with Crippen LogP contribution in [-0.2, 0) is 5.41 Å². The van der Waals surface area contributed by atoms with E-state index in [1.807, 2.05) is 0 Å².